The summed E-state index contributed by atoms with van der Waals surface area (Å²) in [5.41, 5.74) is 2.21. The largest absolute Gasteiger partial charge is 0.497 e. The predicted octanol–water partition coefficient (Wildman–Crippen LogP) is 4.66. The summed E-state index contributed by atoms with van der Waals surface area (Å²) in [5, 5.41) is 0. The molecule has 0 N–H and O–H groups in total. The molecule has 0 spiro atoms. The minimum Gasteiger partial charge on any atom is -0.497 e. The third kappa shape index (κ3) is 4.40. The van der Waals surface area contributed by atoms with Crippen molar-refractivity contribution in [1.29, 1.82) is 0 Å². The van der Waals surface area contributed by atoms with Gasteiger partial charge in [-0.05, 0) is 43.3 Å². The molecule has 1 aliphatic heterocycles. The summed E-state index contributed by atoms with van der Waals surface area (Å²) in [4.78, 5) is 0.0596. The fourth-order valence-electron chi connectivity index (χ4n) is 3.46. The maximum absolute atomic E-state index is 14.4. The van der Waals surface area contributed by atoms with Crippen LogP contribution in [0.3, 0.4) is 0 Å². The highest BCUT2D eigenvalue weighted by Gasteiger charge is 2.30. The average Bonchev–Trinajstić information content (AvgIpc) is 3.15. The number of hydrogen-bond acceptors (Lipinski definition) is 5. The number of halogens is 2. The quantitative estimate of drug-likeness (QED) is 0.516. The molecule has 8 heteroatoms. The van der Waals surface area contributed by atoms with Crippen molar-refractivity contribution in [2.24, 2.45) is 0 Å². The fourth-order valence-corrected chi connectivity index (χ4v) is 4.40. The van der Waals surface area contributed by atoms with E-state index < -0.39 is 27.9 Å². The van der Waals surface area contributed by atoms with Crippen LogP contribution in [0.1, 0.15) is 11.1 Å². The summed E-state index contributed by atoms with van der Waals surface area (Å²) in [6.07, 6.45) is -0.240. The Morgan fingerprint density at radius 1 is 1.03 bits per heavy atom. The van der Waals surface area contributed by atoms with Gasteiger partial charge in [0.25, 0.3) is 10.1 Å². The number of rotatable bonds is 6. The molecule has 0 fully saturated rings. The van der Waals surface area contributed by atoms with Crippen molar-refractivity contribution in [2.45, 2.75) is 24.3 Å². The van der Waals surface area contributed by atoms with Gasteiger partial charge in [0.15, 0.2) is 0 Å². The highest BCUT2D eigenvalue weighted by atomic mass is 32.2. The summed E-state index contributed by atoms with van der Waals surface area (Å²) in [7, 11) is -2.46. The number of benzene rings is 3. The van der Waals surface area contributed by atoms with E-state index in [0.29, 0.717) is 23.5 Å². The number of hydrogen-bond donors (Lipinski definition) is 0. The van der Waals surface area contributed by atoms with E-state index in [9.17, 15) is 17.2 Å². The molecule has 5 nitrogen and oxygen atoms in total. The molecule has 3 aromatic carbocycles. The van der Waals surface area contributed by atoms with E-state index in [1.165, 1.54) is 25.3 Å². The lowest BCUT2D eigenvalue weighted by molar-refractivity contribution is 0.152. The van der Waals surface area contributed by atoms with E-state index >= 15 is 0 Å². The molecular formula is C23H20F2O5S. The second-order valence-electron chi connectivity index (χ2n) is 7.28. The lowest BCUT2D eigenvalue weighted by Gasteiger charge is -2.14. The molecule has 1 atom stereocenters. The van der Waals surface area contributed by atoms with Crippen molar-refractivity contribution in [3.05, 3.63) is 77.4 Å². The third-order valence-electron chi connectivity index (χ3n) is 5.05. The first-order chi connectivity index (χ1) is 14.8. The van der Waals surface area contributed by atoms with E-state index in [1.54, 1.807) is 24.3 Å². The topological polar surface area (TPSA) is 61.8 Å². The molecule has 0 amide bonds. The summed E-state index contributed by atoms with van der Waals surface area (Å²) in [6.45, 7) is 1.65. The zero-order valence-electron chi connectivity index (χ0n) is 16.9. The van der Waals surface area contributed by atoms with Crippen LogP contribution in [0.2, 0.25) is 0 Å². The van der Waals surface area contributed by atoms with E-state index in [4.69, 9.17) is 13.7 Å². The van der Waals surface area contributed by atoms with Crippen LogP contribution in [0.15, 0.2) is 59.5 Å². The minimum absolute atomic E-state index is 0.0596. The highest BCUT2D eigenvalue weighted by Crippen LogP contribution is 2.43. The monoisotopic (exact) mass is 446 g/mol. The lowest BCUT2D eigenvalue weighted by atomic mass is 9.99. The lowest BCUT2D eigenvalue weighted by Crippen LogP contribution is -2.23. The maximum atomic E-state index is 14.4. The van der Waals surface area contributed by atoms with Crippen LogP contribution >= 0.6 is 0 Å². The molecule has 1 aliphatic rings. The summed E-state index contributed by atoms with van der Waals surface area (Å²) < 4.78 is 69.1. The summed E-state index contributed by atoms with van der Waals surface area (Å²) in [5.74, 6) is -0.544. The van der Waals surface area contributed by atoms with Gasteiger partial charge in [-0.25, -0.2) is 8.78 Å². The second kappa shape index (κ2) is 8.28. The highest BCUT2D eigenvalue weighted by molar-refractivity contribution is 7.86. The maximum Gasteiger partial charge on any atom is 0.297 e. The van der Waals surface area contributed by atoms with Gasteiger partial charge in [-0.1, -0.05) is 17.7 Å². The zero-order valence-corrected chi connectivity index (χ0v) is 17.7. The van der Waals surface area contributed by atoms with E-state index in [2.05, 4.69) is 0 Å². The first-order valence-corrected chi connectivity index (χ1v) is 11.0. The average molecular weight is 446 g/mol. The second-order valence-corrected chi connectivity index (χ2v) is 8.90. The Labute approximate surface area is 179 Å². The van der Waals surface area contributed by atoms with Gasteiger partial charge < -0.3 is 9.47 Å². The standard InChI is InChI=1S/C23H20F2O5S/c1-14-3-6-19(7-4-14)31(26,27)29-13-18-10-15-9-17(28-2)12-21(23(15)30-18)20-8-5-16(24)11-22(20)25/h3-9,11-12,18H,10,13H2,1-2H3. The Hall–Kier alpha value is -2.97. The Bertz CT molecular complexity index is 1220. The molecule has 0 aliphatic carbocycles. The molecule has 0 saturated carbocycles. The SMILES string of the molecule is COc1cc2c(c(-c3ccc(F)cc3F)c1)OC(COS(=O)(=O)c1ccc(C)cc1)C2. The fraction of sp³-hybridized carbons (Fsp3) is 0.217. The van der Waals surface area contributed by atoms with Crippen LogP contribution in [0.25, 0.3) is 11.1 Å². The Balaban J connectivity index is 1.58. The zero-order chi connectivity index (χ0) is 22.2. The molecule has 3 aromatic rings. The van der Waals surface area contributed by atoms with Crippen molar-refractivity contribution in [3.63, 3.8) is 0 Å². The molecule has 0 saturated heterocycles. The van der Waals surface area contributed by atoms with Crippen LogP contribution in [0, 0.1) is 18.6 Å². The van der Waals surface area contributed by atoms with Crippen LogP contribution in [-0.4, -0.2) is 28.2 Å². The van der Waals surface area contributed by atoms with E-state index in [-0.39, 0.29) is 17.1 Å². The van der Waals surface area contributed by atoms with Gasteiger partial charge in [0.1, 0.15) is 35.8 Å². The molecule has 162 valence electrons. The van der Waals surface area contributed by atoms with Gasteiger partial charge in [0, 0.05) is 29.2 Å². The Kier molecular flexibility index (Phi) is 5.68. The minimum atomic E-state index is -3.94. The third-order valence-corrected chi connectivity index (χ3v) is 6.34. The van der Waals surface area contributed by atoms with Crippen LogP contribution < -0.4 is 9.47 Å². The van der Waals surface area contributed by atoms with Crippen molar-refractivity contribution in [1.82, 2.24) is 0 Å². The van der Waals surface area contributed by atoms with Crippen molar-refractivity contribution >= 4 is 10.1 Å². The van der Waals surface area contributed by atoms with Gasteiger partial charge in [-0.3, -0.25) is 4.18 Å². The van der Waals surface area contributed by atoms with Gasteiger partial charge in [-0.15, -0.1) is 0 Å². The number of methoxy groups -OCH3 is 1. The van der Waals surface area contributed by atoms with Crippen LogP contribution in [-0.2, 0) is 20.7 Å². The predicted molar refractivity (Wildman–Crippen MR) is 111 cm³/mol. The first-order valence-electron chi connectivity index (χ1n) is 9.56. The van der Waals surface area contributed by atoms with Crippen molar-refractivity contribution in [2.75, 3.05) is 13.7 Å². The molecule has 4 rings (SSSR count). The normalized spacial score (nSPS) is 15.4. The van der Waals surface area contributed by atoms with Gasteiger partial charge in [0.2, 0.25) is 0 Å². The van der Waals surface area contributed by atoms with Crippen molar-refractivity contribution < 1.29 is 30.9 Å². The van der Waals surface area contributed by atoms with Crippen LogP contribution in [0.4, 0.5) is 8.78 Å². The smallest absolute Gasteiger partial charge is 0.297 e. The van der Waals surface area contributed by atoms with Crippen LogP contribution in [0.5, 0.6) is 11.5 Å². The molecule has 1 unspecified atom stereocenters. The molecule has 0 aromatic heterocycles. The van der Waals surface area contributed by atoms with Gasteiger partial charge in [0.05, 0.1) is 12.0 Å². The first kappa shape index (κ1) is 21.3. The van der Waals surface area contributed by atoms with E-state index in [0.717, 1.165) is 23.3 Å². The summed E-state index contributed by atoms with van der Waals surface area (Å²) >= 11 is 0. The molecular weight excluding hydrogens is 426 g/mol. The molecule has 0 bridgehead atoms. The molecule has 31 heavy (non-hydrogen) atoms. The number of ether oxygens (including phenoxy) is 2. The number of aryl methyl sites for hydroxylation is 1. The molecule has 0 radical (unpaired) electrons. The van der Waals surface area contributed by atoms with Crippen molar-refractivity contribution in [3.8, 4) is 22.6 Å². The van der Waals surface area contributed by atoms with Gasteiger partial charge in [-0.2, -0.15) is 8.42 Å². The molecule has 1 heterocycles. The Morgan fingerprint density at radius 2 is 1.77 bits per heavy atom. The Morgan fingerprint density at radius 3 is 2.45 bits per heavy atom. The number of fused-ring (bicyclic) bond motifs is 1. The van der Waals surface area contributed by atoms with Gasteiger partial charge >= 0.3 is 0 Å². The summed E-state index contributed by atoms with van der Waals surface area (Å²) in [6, 6.07) is 13.0. The van der Waals surface area contributed by atoms with E-state index in [1.807, 2.05) is 6.92 Å².